The molecule has 0 aliphatic carbocycles. The summed E-state index contributed by atoms with van der Waals surface area (Å²) in [5.41, 5.74) is 5.66. The van der Waals surface area contributed by atoms with Gasteiger partial charge in [-0.3, -0.25) is 0 Å². The molecule has 1 aromatic rings. The van der Waals surface area contributed by atoms with E-state index in [0.717, 1.165) is 12.4 Å². The van der Waals surface area contributed by atoms with Crippen molar-refractivity contribution in [1.82, 2.24) is 10.2 Å². The fraction of sp³-hybridized carbons (Fsp3) is 0.556. The van der Waals surface area contributed by atoms with Crippen molar-refractivity contribution in [2.75, 3.05) is 31.2 Å². The summed E-state index contributed by atoms with van der Waals surface area (Å²) >= 11 is 5.68. The van der Waals surface area contributed by atoms with E-state index in [1.165, 1.54) is 0 Å². The van der Waals surface area contributed by atoms with Crippen molar-refractivity contribution in [2.45, 2.75) is 6.04 Å². The second-order valence-electron chi connectivity index (χ2n) is 3.37. The summed E-state index contributed by atoms with van der Waals surface area (Å²) < 4.78 is 5.35. The van der Waals surface area contributed by atoms with Gasteiger partial charge in [-0.05, 0) is 12.1 Å². The van der Waals surface area contributed by atoms with Crippen molar-refractivity contribution in [3.63, 3.8) is 0 Å². The average Bonchev–Trinajstić information content (AvgIpc) is 2.30. The first-order valence-corrected chi connectivity index (χ1v) is 5.22. The van der Waals surface area contributed by atoms with Crippen LogP contribution in [0.1, 0.15) is 0 Å². The third-order valence-corrected chi connectivity index (χ3v) is 2.61. The van der Waals surface area contributed by atoms with Crippen molar-refractivity contribution in [1.29, 1.82) is 0 Å². The molecule has 2 heterocycles. The maximum absolute atomic E-state index is 5.68. The number of hydrogen-bond acceptors (Lipinski definition) is 5. The minimum absolute atomic E-state index is 0.175. The summed E-state index contributed by atoms with van der Waals surface area (Å²) in [6.45, 7) is 2.67. The second kappa shape index (κ2) is 4.74. The highest BCUT2D eigenvalue weighted by molar-refractivity contribution is 6.29. The van der Waals surface area contributed by atoms with E-state index in [0.29, 0.717) is 24.9 Å². The van der Waals surface area contributed by atoms with Crippen LogP contribution in [-0.4, -0.2) is 42.5 Å². The third-order valence-electron chi connectivity index (χ3n) is 2.41. The van der Waals surface area contributed by atoms with E-state index in [2.05, 4.69) is 15.1 Å². The maximum Gasteiger partial charge on any atom is 0.151 e. The highest BCUT2D eigenvalue weighted by Gasteiger charge is 2.22. The zero-order valence-electron chi connectivity index (χ0n) is 8.27. The average molecular weight is 229 g/mol. The van der Waals surface area contributed by atoms with Gasteiger partial charge in [0.05, 0.1) is 19.3 Å². The zero-order chi connectivity index (χ0) is 10.7. The lowest BCUT2D eigenvalue weighted by Crippen LogP contribution is -2.49. The minimum atomic E-state index is 0.175. The molecule has 5 nitrogen and oxygen atoms in total. The number of halogens is 1. The number of ether oxygens (including phenoxy) is 1. The fourth-order valence-corrected chi connectivity index (χ4v) is 1.71. The SMILES string of the molecule is NC[C@H]1COCCN1c1ccc(Cl)nn1. The van der Waals surface area contributed by atoms with Crippen molar-refractivity contribution in [2.24, 2.45) is 5.73 Å². The minimum Gasteiger partial charge on any atom is -0.377 e. The van der Waals surface area contributed by atoms with Crippen LogP contribution in [0.15, 0.2) is 12.1 Å². The van der Waals surface area contributed by atoms with Gasteiger partial charge in [0.1, 0.15) is 0 Å². The summed E-state index contributed by atoms with van der Waals surface area (Å²) in [5.74, 6) is 0.804. The van der Waals surface area contributed by atoms with Gasteiger partial charge in [0.2, 0.25) is 0 Å². The Balaban J connectivity index is 2.16. The Bertz CT molecular complexity index is 318. The first-order chi connectivity index (χ1) is 7.31. The van der Waals surface area contributed by atoms with Gasteiger partial charge in [-0.25, -0.2) is 0 Å². The molecule has 15 heavy (non-hydrogen) atoms. The van der Waals surface area contributed by atoms with Crippen LogP contribution in [0.4, 0.5) is 5.82 Å². The molecular formula is C9H13ClN4O. The summed E-state index contributed by atoms with van der Waals surface area (Å²) in [6, 6.07) is 3.75. The molecule has 0 radical (unpaired) electrons. The van der Waals surface area contributed by atoms with Crippen LogP contribution in [0.2, 0.25) is 5.15 Å². The van der Waals surface area contributed by atoms with E-state index in [1.54, 1.807) is 6.07 Å². The van der Waals surface area contributed by atoms with Crippen molar-refractivity contribution in [3.8, 4) is 0 Å². The standard InChI is InChI=1S/C9H13ClN4O/c10-8-1-2-9(13-12-8)14-3-4-15-6-7(14)5-11/h1-2,7H,3-6,11H2/t7-/m0/s1. The molecule has 1 aliphatic rings. The van der Waals surface area contributed by atoms with Gasteiger partial charge < -0.3 is 15.4 Å². The first-order valence-electron chi connectivity index (χ1n) is 4.85. The molecule has 1 saturated heterocycles. The Morgan fingerprint density at radius 3 is 3.07 bits per heavy atom. The molecule has 1 fully saturated rings. The number of hydrogen-bond donors (Lipinski definition) is 1. The summed E-state index contributed by atoms with van der Waals surface area (Å²) in [6.07, 6.45) is 0. The van der Waals surface area contributed by atoms with E-state index in [1.807, 2.05) is 6.07 Å². The molecule has 0 saturated carbocycles. The van der Waals surface area contributed by atoms with Crippen LogP contribution in [0, 0.1) is 0 Å². The lowest BCUT2D eigenvalue weighted by atomic mass is 10.2. The maximum atomic E-state index is 5.68. The molecule has 0 bridgehead atoms. The molecule has 0 amide bonds. The van der Waals surface area contributed by atoms with Crippen LogP contribution >= 0.6 is 11.6 Å². The Labute approximate surface area is 93.2 Å². The molecule has 1 aliphatic heterocycles. The predicted octanol–water partition coefficient (Wildman–Crippen LogP) is 0.294. The van der Waals surface area contributed by atoms with Gasteiger partial charge >= 0.3 is 0 Å². The number of rotatable bonds is 2. The van der Waals surface area contributed by atoms with Crippen LogP contribution in [0.3, 0.4) is 0 Å². The number of nitrogens with zero attached hydrogens (tertiary/aromatic N) is 3. The van der Waals surface area contributed by atoms with Crippen molar-refractivity contribution >= 4 is 17.4 Å². The van der Waals surface area contributed by atoms with Crippen LogP contribution in [0.25, 0.3) is 0 Å². The van der Waals surface area contributed by atoms with E-state index < -0.39 is 0 Å². The van der Waals surface area contributed by atoms with Gasteiger partial charge in [0.25, 0.3) is 0 Å². The molecular weight excluding hydrogens is 216 g/mol. The highest BCUT2D eigenvalue weighted by Crippen LogP contribution is 2.16. The monoisotopic (exact) mass is 228 g/mol. The molecule has 0 spiro atoms. The van der Waals surface area contributed by atoms with Crippen LogP contribution < -0.4 is 10.6 Å². The van der Waals surface area contributed by atoms with Crippen LogP contribution in [-0.2, 0) is 4.74 Å². The van der Waals surface area contributed by atoms with E-state index in [-0.39, 0.29) is 6.04 Å². The summed E-state index contributed by atoms with van der Waals surface area (Å²) in [5, 5.41) is 8.25. The van der Waals surface area contributed by atoms with E-state index >= 15 is 0 Å². The number of morpholine rings is 1. The zero-order valence-corrected chi connectivity index (χ0v) is 9.02. The number of anilines is 1. The van der Waals surface area contributed by atoms with Gasteiger partial charge in [-0.15, -0.1) is 10.2 Å². The van der Waals surface area contributed by atoms with E-state index in [4.69, 9.17) is 22.1 Å². The normalized spacial score (nSPS) is 21.7. The smallest absolute Gasteiger partial charge is 0.151 e. The molecule has 1 aromatic heterocycles. The van der Waals surface area contributed by atoms with Gasteiger partial charge in [0, 0.05) is 13.1 Å². The van der Waals surface area contributed by atoms with Gasteiger partial charge in [-0.2, -0.15) is 0 Å². The number of aromatic nitrogens is 2. The Morgan fingerprint density at radius 1 is 1.53 bits per heavy atom. The quantitative estimate of drug-likeness (QED) is 0.789. The lowest BCUT2D eigenvalue weighted by Gasteiger charge is -2.35. The highest BCUT2D eigenvalue weighted by atomic mass is 35.5. The van der Waals surface area contributed by atoms with Gasteiger partial charge in [0.15, 0.2) is 11.0 Å². The number of nitrogens with two attached hydrogens (primary N) is 1. The molecule has 0 aromatic carbocycles. The van der Waals surface area contributed by atoms with Crippen molar-refractivity contribution in [3.05, 3.63) is 17.3 Å². The van der Waals surface area contributed by atoms with E-state index in [9.17, 15) is 0 Å². The first kappa shape index (κ1) is 10.6. The molecule has 2 N–H and O–H groups in total. The second-order valence-corrected chi connectivity index (χ2v) is 3.76. The molecule has 1 atom stereocenters. The fourth-order valence-electron chi connectivity index (χ4n) is 1.61. The topological polar surface area (TPSA) is 64.3 Å². The molecule has 0 unspecified atom stereocenters. The predicted molar refractivity (Wildman–Crippen MR) is 58.0 cm³/mol. The van der Waals surface area contributed by atoms with Crippen molar-refractivity contribution < 1.29 is 4.74 Å². The largest absolute Gasteiger partial charge is 0.377 e. The molecule has 2 rings (SSSR count). The third kappa shape index (κ3) is 2.37. The molecule has 6 heteroatoms. The van der Waals surface area contributed by atoms with Crippen LogP contribution in [0.5, 0.6) is 0 Å². The Morgan fingerprint density at radius 2 is 2.40 bits per heavy atom. The molecule has 82 valence electrons. The Kier molecular flexibility index (Phi) is 3.35. The van der Waals surface area contributed by atoms with Gasteiger partial charge in [-0.1, -0.05) is 11.6 Å². The summed E-state index contributed by atoms with van der Waals surface area (Å²) in [7, 11) is 0. The Hall–Kier alpha value is -0.910. The lowest BCUT2D eigenvalue weighted by molar-refractivity contribution is 0.0957. The summed E-state index contributed by atoms with van der Waals surface area (Å²) in [4.78, 5) is 2.10.